The van der Waals surface area contributed by atoms with Crippen molar-refractivity contribution >= 4 is 5.91 Å². The second-order valence-corrected chi connectivity index (χ2v) is 4.50. The van der Waals surface area contributed by atoms with Gasteiger partial charge in [-0.05, 0) is 32.4 Å². The molecule has 0 aromatic carbocycles. The number of rotatable bonds is 7. The highest BCUT2D eigenvalue weighted by atomic mass is 16.1. The van der Waals surface area contributed by atoms with Gasteiger partial charge in [0.15, 0.2) is 0 Å². The number of amides is 1. The largest absolute Gasteiger partial charge is 0.356 e. The molecule has 0 aliphatic heterocycles. The summed E-state index contributed by atoms with van der Waals surface area (Å²) in [6.45, 7) is 1.80. The summed E-state index contributed by atoms with van der Waals surface area (Å²) in [7, 11) is 1.91. The summed E-state index contributed by atoms with van der Waals surface area (Å²) in [5, 5.41) is 6.05. The van der Waals surface area contributed by atoms with E-state index < -0.39 is 0 Å². The van der Waals surface area contributed by atoms with E-state index in [-0.39, 0.29) is 5.91 Å². The Labute approximate surface area is 93.0 Å². The Bertz CT molecular complexity index is 176. The van der Waals surface area contributed by atoms with Gasteiger partial charge in [-0.15, -0.1) is 0 Å². The number of carbonyl (C=O) groups is 1. The van der Waals surface area contributed by atoms with Gasteiger partial charge in [-0.2, -0.15) is 0 Å². The van der Waals surface area contributed by atoms with Crippen molar-refractivity contribution in [3.8, 4) is 0 Å². The fourth-order valence-corrected chi connectivity index (χ4v) is 2.23. The van der Waals surface area contributed by atoms with Gasteiger partial charge >= 0.3 is 0 Å². The fraction of sp³-hybridized carbons (Fsp3) is 0.917. The average Bonchev–Trinajstić information content (AvgIpc) is 2.71. The van der Waals surface area contributed by atoms with Crippen molar-refractivity contribution in [1.29, 1.82) is 0 Å². The molecule has 1 amide bonds. The van der Waals surface area contributed by atoms with E-state index in [1.165, 1.54) is 32.1 Å². The molecular weight excluding hydrogens is 188 g/mol. The highest BCUT2D eigenvalue weighted by molar-refractivity contribution is 5.75. The van der Waals surface area contributed by atoms with Gasteiger partial charge in [0.1, 0.15) is 0 Å². The third-order valence-corrected chi connectivity index (χ3v) is 3.18. The summed E-state index contributed by atoms with van der Waals surface area (Å²) in [6.07, 6.45) is 8.29. The quantitative estimate of drug-likeness (QED) is 0.630. The van der Waals surface area contributed by atoms with Crippen LogP contribution in [0.3, 0.4) is 0 Å². The standard InChI is InChI=1S/C12H24N2O/c1-13-9-4-7-12(15)14-10-8-11-5-2-3-6-11/h11,13H,2-10H2,1H3,(H,14,15). The van der Waals surface area contributed by atoms with Crippen molar-refractivity contribution in [3.63, 3.8) is 0 Å². The normalized spacial score (nSPS) is 16.9. The Morgan fingerprint density at radius 2 is 2.00 bits per heavy atom. The van der Waals surface area contributed by atoms with Gasteiger partial charge in [-0.25, -0.2) is 0 Å². The van der Waals surface area contributed by atoms with Crippen molar-refractivity contribution in [2.24, 2.45) is 5.92 Å². The summed E-state index contributed by atoms with van der Waals surface area (Å²) in [4.78, 5) is 11.4. The van der Waals surface area contributed by atoms with E-state index in [0.29, 0.717) is 6.42 Å². The van der Waals surface area contributed by atoms with Crippen molar-refractivity contribution in [1.82, 2.24) is 10.6 Å². The van der Waals surface area contributed by atoms with Gasteiger partial charge in [0.25, 0.3) is 0 Å². The molecule has 0 aromatic rings. The molecule has 3 heteroatoms. The average molecular weight is 212 g/mol. The molecule has 1 aliphatic carbocycles. The molecule has 0 atom stereocenters. The zero-order valence-corrected chi connectivity index (χ0v) is 9.85. The topological polar surface area (TPSA) is 41.1 Å². The molecule has 0 aromatic heterocycles. The second-order valence-electron chi connectivity index (χ2n) is 4.50. The van der Waals surface area contributed by atoms with Crippen LogP contribution in [0.5, 0.6) is 0 Å². The molecule has 1 aliphatic rings. The highest BCUT2D eigenvalue weighted by Gasteiger charge is 2.14. The van der Waals surface area contributed by atoms with E-state index >= 15 is 0 Å². The van der Waals surface area contributed by atoms with E-state index in [2.05, 4.69) is 10.6 Å². The third kappa shape index (κ3) is 5.78. The Balaban J connectivity index is 1.91. The van der Waals surface area contributed by atoms with Gasteiger partial charge in [-0.1, -0.05) is 25.7 Å². The first-order valence-corrected chi connectivity index (χ1v) is 6.24. The smallest absolute Gasteiger partial charge is 0.220 e. The first-order valence-electron chi connectivity index (χ1n) is 6.24. The summed E-state index contributed by atoms with van der Waals surface area (Å²) in [5.41, 5.74) is 0. The number of hydrogen-bond acceptors (Lipinski definition) is 2. The zero-order valence-electron chi connectivity index (χ0n) is 9.85. The molecule has 1 fully saturated rings. The lowest BCUT2D eigenvalue weighted by molar-refractivity contribution is -0.121. The van der Waals surface area contributed by atoms with Crippen LogP contribution in [0.25, 0.3) is 0 Å². The third-order valence-electron chi connectivity index (χ3n) is 3.18. The van der Waals surface area contributed by atoms with Crippen LogP contribution in [0, 0.1) is 5.92 Å². The van der Waals surface area contributed by atoms with Gasteiger partial charge < -0.3 is 10.6 Å². The Morgan fingerprint density at radius 1 is 1.27 bits per heavy atom. The molecule has 3 nitrogen and oxygen atoms in total. The molecule has 88 valence electrons. The maximum Gasteiger partial charge on any atom is 0.220 e. The molecule has 0 unspecified atom stereocenters. The van der Waals surface area contributed by atoms with Crippen molar-refractivity contribution < 1.29 is 4.79 Å². The van der Waals surface area contributed by atoms with Crippen LogP contribution in [0.1, 0.15) is 44.9 Å². The molecule has 0 heterocycles. The number of carbonyl (C=O) groups excluding carboxylic acids is 1. The predicted octanol–water partition coefficient (Wildman–Crippen LogP) is 1.68. The van der Waals surface area contributed by atoms with Gasteiger partial charge in [0.2, 0.25) is 5.91 Å². The van der Waals surface area contributed by atoms with Crippen LogP contribution in [0.4, 0.5) is 0 Å². The van der Waals surface area contributed by atoms with Crippen molar-refractivity contribution in [2.45, 2.75) is 44.9 Å². The minimum absolute atomic E-state index is 0.211. The maximum absolute atomic E-state index is 11.4. The summed E-state index contributed by atoms with van der Waals surface area (Å²) < 4.78 is 0. The minimum Gasteiger partial charge on any atom is -0.356 e. The summed E-state index contributed by atoms with van der Waals surface area (Å²) in [5.74, 6) is 1.09. The summed E-state index contributed by atoms with van der Waals surface area (Å²) >= 11 is 0. The van der Waals surface area contributed by atoms with Crippen LogP contribution < -0.4 is 10.6 Å². The molecule has 1 saturated carbocycles. The molecule has 0 radical (unpaired) electrons. The van der Waals surface area contributed by atoms with E-state index in [1.54, 1.807) is 0 Å². The molecule has 0 saturated heterocycles. The van der Waals surface area contributed by atoms with E-state index in [9.17, 15) is 4.79 Å². The van der Waals surface area contributed by atoms with Crippen LogP contribution in [0.15, 0.2) is 0 Å². The van der Waals surface area contributed by atoms with Gasteiger partial charge in [-0.3, -0.25) is 4.79 Å². The molecule has 2 N–H and O–H groups in total. The second kappa shape index (κ2) is 7.69. The first kappa shape index (κ1) is 12.5. The maximum atomic E-state index is 11.4. The van der Waals surface area contributed by atoms with Crippen molar-refractivity contribution in [3.05, 3.63) is 0 Å². The lowest BCUT2D eigenvalue weighted by Gasteiger charge is -2.09. The van der Waals surface area contributed by atoms with Gasteiger partial charge in [0.05, 0.1) is 0 Å². The molecule has 0 spiro atoms. The van der Waals surface area contributed by atoms with Crippen LogP contribution in [-0.4, -0.2) is 26.0 Å². The molecular formula is C12H24N2O. The van der Waals surface area contributed by atoms with E-state index in [0.717, 1.165) is 25.4 Å². The molecule has 1 rings (SSSR count). The molecule has 15 heavy (non-hydrogen) atoms. The first-order chi connectivity index (χ1) is 7.33. The summed E-state index contributed by atoms with van der Waals surface area (Å²) in [6, 6.07) is 0. The van der Waals surface area contributed by atoms with Crippen molar-refractivity contribution in [2.75, 3.05) is 20.1 Å². The molecule has 0 bridgehead atoms. The van der Waals surface area contributed by atoms with E-state index in [1.807, 2.05) is 7.05 Å². The Morgan fingerprint density at radius 3 is 2.67 bits per heavy atom. The Kier molecular flexibility index (Phi) is 6.41. The number of hydrogen-bond donors (Lipinski definition) is 2. The fourth-order valence-electron chi connectivity index (χ4n) is 2.23. The zero-order chi connectivity index (χ0) is 10.9. The van der Waals surface area contributed by atoms with Gasteiger partial charge in [0, 0.05) is 13.0 Å². The monoisotopic (exact) mass is 212 g/mol. The van der Waals surface area contributed by atoms with Crippen LogP contribution >= 0.6 is 0 Å². The SMILES string of the molecule is CNCCCC(=O)NCCC1CCCC1. The van der Waals surface area contributed by atoms with Crippen LogP contribution in [0.2, 0.25) is 0 Å². The Hall–Kier alpha value is -0.570. The minimum atomic E-state index is 0.211. The van der Waals surface area contributed by atoms with Crippen LogP contribution in [-0.2, 0) is 4.79 Å². The highest BCUT2D eigenvalue weighted by Crippen LogP contribution is 2.26. The predicted molar refractivity (Wildman–Crippen MR) is 62.7 cm³/mol. The lowest BCUT2D eigenvalue weighted by Crippen LogP contribution is -2.26. The van der Waals surface area contributed by atoms with E-state index in [4.69, 9.17) is 0 Å². The lowest BCUT2D eigenvalue weighted by atomic mass is 10.0. The number of nitrogens with one attached hydrogen (secondary N) is 2.